The second-order valence-corrected chi connectivity index (χ2v) is 7.03. The molecule has 0 aliphatic rings. The molecule has 0 saturated heterocycles. The molecule has 0 spiro atoms. The molecular formula is C23H26N4O2. The van der Waals surface area contributed by atoms with E-state index >= 15 is 0 Å². The summed E-state index contributed by atoms with van der Waals surface area (Å²) in [6.45, 7) is 7.20. The van der Waals surface area contributed by atoms with Crippen molar-refractivity contribution in [2.24, 2.45) is 5.92 Å². The van der Waals surface area contributed by atoms with Crippen LogP contribution in [0.2, 0.25) is 0 Å². The molecule has 29 heavy (non-hydrogen) atoms. The van der Waals surface area contributed by atoms with Gasteiger partial charge in [-0.15, -0.1) is 0 Å². The summed E-state index contributed by atoms with van der Waals surface area (Å²) in [4.78, 5) is 21.1. The highest BCUT2D eigenvalue weighted by Gasteiger charge is 2.09. The van der Waals surface area contributed by atoms with Gasteiger partial charge in [-0.2, -0.15) is 4.98 Å². The number of anilines is 3. The van der Waals surface area contributed by atoms with Crippen molar-refractivity contribution < 1.29 is 9.53 Å². The number of nitrogens with zero attached hydrogens (tertiary/aromatic N) is 2. The third-order valence-electron chi connectivity index (χ3n) is 4.13. The number of hydrogen-bond acceptors (Lipinski definition) is 6. The Morgan fingerprint density at radius 1 is 1.03 bits per heavy atom. The Balaban J connectivity index is 1.85. The molecule has 0 amide bonds. The van der Waals surface area contributed by atoms with Crippen LogP contribution in [0, 0.1) is 5.92 Å². The number of carbonyl (C=O) groups excluding carboxylic acids is 1. The van der Waals surface area contributed by atoms with Crippen molar-refractivity contribution in [3.63, 3.8) is 0 Å². The number of esters is 1. The topological polar surface area (TPSA) is 76.1 Å². The molecule has 0 atom stereocenters. The van der Waals surface area contributed by atoms with Gasteiger partial charge >= 0.3 is 5.97 Å². The summed E-state index contributed by atoms with van der Waals surface area (Å²) in [6.07, 6.45) is 0. The van der Waals surface area contributed by atoms with Gasteiger partial charge in [0, 0.05) is 23.9 Å². The maximum atomic E-state index is 11.8. The summed E-state index contributed by atoms with van der Waals surface area (Å²) in [5.41, 5.74) is 3.19. The van der Waals surface area contributed by atoms with Gasteiger partial charge in [-0.1, -0.05) is 44.2 Å². The largest absolute Gasteiger partial charge is 0.462 e. The average molecular weight is 390 g/mol. The van der Waals surface area contributed by atoms with Gasteiger partial charge in [-0.3, -0.25) is 0 Å². The number of rotatable bonds is 8. The molecule has 6 heteroatoms. The van der Waals surface area contributed by atoms with Crippen molar-refractivity contribution in [3.8, 4) is 11.3 Å². The van der Waals surface area contributed by atoms with E-state index in [1.807, 2.05) is 48.5 Å². The Bertz CT molecular complexity index is 941. The fourth-order valence-electron chi connectivity index (χ4n) is 2.69. The van der Waals surface area contributed by atoms with E-state index in [0.717, 1.165) is 23.5 Å². The van der Waals surface area contributed by atoms with E-state index in [1.165, 1.54) is 0 Å². The minimum absolute atomic E-state index is 0.326. The van der Waals surface area contributed by atoms with E-state index in [2.05, 4.69) is 34.4 Å². The Morgan fingerprint density at radius 3 is 2.41 bits per heavy atom. The maximum Gasteiger partial charge on any atom is 0.338 e. The first-order valence-corrected chi connectivity index (χ1v) is 9.77. The molecule has 0 radical (unpaired) electrons. The number of carbonyl (C=O) groups is 1. The average Bonchev–Trinajstić information content (AvgIpc) is 2.73. The van der Waals surface area contributed by atoms with E-state index in [-0.39, 0.29) is 5.97 Å². The van der Waals surface area contributed by atoms with E-state index in [9.17, 15) is 4.79 Å². The number of aromatic nitrogens is 2. The van der Waals surface area contributed by atoms with E-state index < -0.39 is 0 Å². The Kier molecular flexibility index (Phi) is 6.79. The SMILES string of the molecule is CCOC(=O)c1ccc(Nc2cc(-c3ccccc3)nc(NCC(C)C)n2)cc1. The second-order valence-electron chi connectivity index (χ2n) is 7.03. The van der Waals surface area contributed by atoms with Crippen LogP contribution in [0.4, 0.5) is 17.5 Å². The summed E-state index contributed by atoms with van der Waals surface area (Å²) in [5.74, 6) is 1.40. The first-order valence-electron chi connectivity index (χ1n) is 9.77. The fraction of sp³-hybridized carbons (Fsp3) is 0.261. The summed E-state index contributed by atoms with van der Waals surface area (Å²) in [6, 6.07) is 19.0. The Hall–Kier alpha value is -3.41. The number of ether oxygens (including phenoxy) is 1. The first-order chi connectivity index (χ1) is 14.0. The van der Waals surface area contributed by atoms with Crippen LogP contribution < -0.4 is 10.6 Å². The van der Waals surface area contributed by atoms with Gasteiger partial charge < -0.3 is 15.4 Å². The van der Waals surface area contributed by atoms with Crippen LogP contribution in [-0.2, 0) is 4.74 Å². The molecule has 0 aliphatic carbocycles. The van der Waals surface area contributed by atoms with Crippen LogP contribution in [0.15, 0.2) is 60.7 Å². The number of nitrogens with one attached hydrogen (secondary N) is 2. The molecule has 0 bridgehead atoms. The zero-order chi connectivity index (χ0) is 20.6. The van der Waals surface area contributed by atoms with Crippen molar-refractivity contribution in [1.82, 2.24) is 9.97 Å². The minimum atomic E-state index is -0.326. The third-order valence-corrected chi connectivity index (χ3v) is 4.13. The lowest BCUT2D eigenvalue weighted by Crippen LogP contribution is -2.11. The Morgan fingerprint density at radius 2 is 1.76 bits per heavy atom. The van der Waals surface area contributed by atoms with Gasteiger partial charge in [-0.25, -0.2) is 9.78 Å². The van der Waals surface area contributed by atoms with Gasteiger partial charge in [0.15, 0.2) is 0 Å². The smallest absolute Gasteiger partial charge is 0.338 e. The highest BCUT2D eigenvalue weighted by atomic mass is 16.5. The lowest BCUT2D eigenvalue weighted by atomic mass is 10.1. The zero-order valence-corrected chi connectivity index (χ0v) is 17.0. The lowest BCUT2D eigenvalue weighted by molar-refractivity contribution is 0.0526. The molecule has 1 heterocycles. The van der Waals surface area contributed by atoms with Crippen molar-refractivity contribution in [2.45, 2.75) is 20.8 Å². The number of hydrogen-bond donors (Lipinski definition) is 2. The molecule has 3 rings (SSSR count). The van der Waals surface area contributed by atoms with Crippen LogP contribution in [-0.4, -0.2) is 29.1 Å². The predicted octanol–water partition coefficient (Wildman–Crippen LogP) is 5.13. The normalized spacial score (nSPS) is 10.6. The number of benzene rings is 2. The highest BCUT2D eigenvalue weighted by molar-refractivity contribution is 5.89. The van der Waals surface area contributed by atoms with Gasteiger partial charge in [0.1, 0.15) is 5.82 Å². The predicted molar refractivity (Wildman–Crippen MR) is 116 cm³/mol. The molecule has 0 fully saturated rings. The molecule has 150 valence electrons. The monoisotopic (exact) mass is 390 g/mol. The molecule has 3 aromatic rings. The summed E-state index contributed by atoms with van der Waals surface area (Å²) < 4.78 is 5.02. The van der Waals surface area contributed by atoms with Gasteiger partial charge in [0.05, 0.1) is 17.9 Å². The molecule has 0 saturated carbocycles. The van der Waals surface area contributed by atoms with Crippen LogP contribution >= 0.6 is 0 Å². The van der Waals surface area contributed by atoms with E-state index in [4.69, 9.17) is 4.74 Å². The molecule has 6 nitrogen and oxygen atoms in total. The third kappa shape index (κ3) is 5.78. The molecule has 0 unspecified atom stereocenters. The summed E-state index contributed by atoms with van der Waals surface area (Å²) in [7, 11) is 0. The first kappa shape index (κ1) is 20.3. The maximum absolute atomic E-state index is 11.8. The standard InChI is InChI=1S/C23H26N4O2/c1-4-29-22(28)18-10-12-19(13-11-18)25-21-14-20(17-8-6-5-7-9-17)26-23(27-21)24-15-16(2)3/h5-14,16H,4,15H2,1-3H3,(H2,24,25,26,27). The minimum Gasteiger partial charge on any atom is -0.462 e. The fourth-order valence-corrected chi connectivity index (χ4v) is 2.69. The summed E-state index contributed by atoms with van der Waals surface area (Å²) >= 11 is 0. The van der Waals surface area contributed by atoms with Crippen LogP contribution in [0.3, 0.4) is 0 Å². The van der Waals surface area contributed by atoms with Crippen molar-refractivity contribution >= 4 is 23.4 Å². The van der Waals surface area contributed by atoms with E-state index in [0.29, 0.717) is 29.9 Å². The van der Waals surface area contributed by atoms with Crippen LogP contribution in [0.5, 0.6) is 0 Å². The van der Waals surface area contributed by atoms with Gasteiger partial charge in [-0.05, 0) is 37.1 Å². The summed E-state index contributed by atoms with van der Waals surface area (Å²) in [5, 5.41) is 6.59. The van der Waals surface area contributed by atoms with Gasteiger partial charge in [0.2, 0.25) is 5.95 Å². The molecule has 0 aliphatic heterocycles. The molecule has 2 N–H and O–H groups in total. The van der Waals surface area contributed by atoms with Crippen LogP contribution in [0.25, 0.3) is 11.3 Å². The molecular weight excluding hydrogens is 364 g/mol. The highest BCUT2D eigenvalue weighted by Crippen LogP contribution is 2.24. The molecule has 2 aromatic carbocycles. The van der Waals surface area contributed by atoms with Crippen LogP contribution in [0.1, 0.15) is 31.1 Å². The van der Waals surface area contributed by atoms with Crippen molar-refractivity contribution in [2.75, 3.05) is 23.8 Å². The zero-order valence-electron chi connectivity index (χ0n) is 17.0. The van der Waals surface area contributed by atoms with Crippen molar-refractivity contribution in [3.05, 3.63) is 66.2 Å². The molecule has 1 aromatic heterocycles. The Labute approximate surface area is 171 Å². The quantitative estimate of drug-likeness (QED) is 0.519. The van der Waals surface area contributed by atoms with E-state index in [1.54, 1.807) is 19.1 Å². The second kappa shape index (κ2) is 9.68. The van der Waals surface area contributed by atoms with Gasteiger partial charge in [0.25, 0.3) is 0 Å². The lowest BCUT2D eigenvalue weighted by Gasteiger charge is -2.13. The van der Waals surface area contributed by atoms with Crippen molar-refractivity contribution in [1.29, 1.82) is 0 Å².